The highest BCUT2D eigenvalue weighted by molar-refractivity contribution is 8.02. The minimum absolute atomic E-state index is 0.0823. The van der Waals surface area contributed by atoms with E-state index in [1.165, 1.54) is 0 Å². The molecule has 0 radical (unpaired) electrons. The van der Waals surface area contributed by atoms with E-state index >= 15 is 0 Å². The minimum Gasteiger partial charge on any atom is -0.394 e. The first kappa shape index (κ1) is 26.0. The summed E-state index contributed by atoms with van der Waals surface area (Å²) in [5.74, 6) is -1.72. The van der Waals surface area contributed by atoms with Crippen LogP contribution in [-0.2, 0) is 14.4 Å². The van der Waals surface area contributed by atoms with Crippen LogP contribution in [0.15, 0.2) is 54.6 Å². The molecule has 0 bridgehead atoms. The van der Waals surface area contributed by atoms with Crippen LogP contribution in [0, 0.1) is 11.8 Å². The number of hydrogen-bond acceptors (Lipinski definition) is 5. The second kappa shape index (κ2) is 9.95. The van der Waals surface area contributed by atoms with Gasteiger partial charge in [-0.3, -0.25) is 14.4 Å². The van der Waals surface area contributed by atoms with Crippen molar-refractivity contribution in [2.45, 2.75) is 61.6 Å². The number of carbonyl (C=O) groups is 3. The van der Waals surface area contributed by atoms with E-state index in [4.69, 9.17) is 0 Å². The number of fused-ring (bicyclic) bond motifs is 2. The zero-order valence-corrected chi connectivity index (χ0v) is 22.7. The Bertz CT molecular complexity index is 1120. The van der Waals surface area contributed by atoms with Crippen molar-refractivity contribution >= 4 is 35.2 Å². The fourth-order valence-electron chi connectivity index (χ4n) is 6.66. The Morgan fingerprint density at radius 3 is 2.43 bits per heavy atom. The maximum absolute atomic E-state index is 14.3. The predicted molar refractivity (Wildman–Crippen MR) is 146 cm³/mol. The van der Waals surface area contributed by atoms with Gasteiger partial charge >= 0.3 is 0 Å². The number of anilines is 1. The zero-order chi connectivity index (χ0) is 26.4. The molecule has 1 N–H and O–H groups in total. The topological polar surface area (TPSA) is 81.2 Å². The molecule has 7 nitrogen and oxygen atoms in total. The lowest BCUT2D eigenvalue weighted by atomic mass is 9.74. The van der Waals surface area contributed by atoms with Crippen LogP contribution in [0.25, 0.3) is 0 Å². The fourth-order valence-corrected chi connectivity index (χ4v) is 8.81. The molecule has 1 spiro atoms. The second-order valence-corrected chi connectivity index (χ2v) is 12.6. The summed E-state index contributed by atoms with van der Waals surface area (Å²) in [5, 5.41) is 10.1. The molecule has 0 aromatic heterocycles. The van der Waals surface area contributed by atoms with Crippen molar-refractivity contribution in [3.05, 3.63) is 54.6 Å². The van der Waals surface area contributed by atoms with Crippen molar-refractivity contribution in [2.75, 3.05) is 31.1 Å². The summed E-state index contributed by atoms with van der Waals surface area (Å²) in [6.07, 6.45) is 11.1. The highest BCUT2D eigenvalue weighted by atomic mass is 32.2. The number of carbonyl (C=O) groups excluding carboxylic acids is 3. The molecule has 198 valence electrons. The van der Waals surface area contributed by atoms with Crippen LogP contribution in [0.2, 0.25) is 0 Å². The smallest absolute Gasteiger partial charge is 0.247 e. The van der Waals surface area contributed by atoms with Crippen LogP contribution in [-0.4, -0.2) is 80.4 Å². The van der Waals surface area contributed by atoms with Gasteiger partial charge in [-0.25, -0.2) is 0 Å². The van der Waals surface area contributed by atoms with E-state index in [0.29, 0.717) is 19.6 Å². The third kappa shape index (κ3) is 4.04. The number of aliphatic hydroxyl groups is 1. The molecule has 0 aliphatic carbocycles. The highest BCUT2D eigenvalue weighted by Gasteiger charge is 2.74. The number of nitrogens with zero attached hydrogens (tertiary/aromatic N) is 3. The maximum atomic E-state index is 14.3. The molecule has 4 heterocycles. The first-order valence-corrected chi connectivity index (χ1v) is 14.2. The van der Waals surface area contributed by atoms with Gasteiger partial charge in [0.2, 0.25) is 17.7 Å². The SMILES string of the molecule is CCCCCN1CC=C[C@]23S[C@]4(C)C=CCN(c5ccccc5)C(=O)[C@@H]4[C@H]2C(=O)N([C@H](C)CO)C3C1=O. The number of aliphatic hydroxyl groups excluding tert-OH is 1. The van der Waals surface area contributed by atoms with Gasteiger partial charge in [0.05, 0.1) is 29.2 Å². The normalized spacial score (nSPS) is 33.8. The summed E-state index contributed by atoms with van der Waals surface area (Å²) in [6.45, 7) is 7.27. The second-order valence-electron chi connectivity index (χ2n) is 10.9. The molecule has 6 atom stereocenters. The van der Waals surface area contributed by atoms with E-state index in [9.17, 15) is 19.5 Å². The van der Waals surface area contributed by atoms with Crippen molar-refractivity contribution in [3.63, 3.8) is 0 Å². The van der Waals surface area contributed by atoms with E-state index in [1.807, 2.05) is 60.4 Å². The number of hydrogen-bond donors (Lipinski definition) is 1. The summed E-state index contributed by atoms with van der Waals surface area (Å²) in [6, 6.07) is 8.27. The van der Waals surface area contributed by atoms with Crippen molar-refractivity contribution < 1.29 is 19.5 Å². The average Bonchev–Trinajstić information content (AvgIpc) is 3.17. The van der Waals surface area contributed by atoms with E-state index in [-0.39, 0.29) is 24.3 Å². The molecule has 1 unspecified atom stereocenters. The molecule has 8 heteroatoms. The molecule has 1 aromatic carbocycles. The summed E-state index contributed by atoms with van der Waals surface area (Å²) >= 11 is 1.58. The monoisotopic (exact) mass is 523 g/mol. The summed E-state index contributed by atoms with van der Waals surface area (Å²) in [7, 11) is 0. The van der Waals surface area contributed by atoms with Crippen LogP contribution in [0.3, 0.4) is 0 Å². The molecular weight excluding hydrogens is 486 g/mol. The Labute approximate surface area is 223 Å². The highest BCUT2D eigenvalue weighted by Crippen LogP contribution is 2.65. The van der Waals surface area contributed by atoms with Crippen LogP contribution in [0.4, 0.5) is 5.69 Å². The van der Waals surface area contributed by atoms with Crippen molar-refractivity contribution in [1.29, 1.82) is 0 Å². The largest absolute Gasteiger partial charge is 0.394 e. The molecule has 37 heavy (non-hydrogen) atoms. The Morgan fingerprint density at radius 2 is 1.73 bits per heavy atom. The molecule has 5 rings (SSSR count). The van der Waals surface area contributed by atoms with Gasteiger partial charge in [-0.05, 0) is 32.4 Å². The molecular formula is C29H37N3O4S. The fraction of sp³-hybridized carbons (Fsp3) is 0.552. The molecule has 4 aliphatic rings. The third-order valence-electron chi connectivity index (χ3n) is 8.42. The molecule has 2 saturated heterocycles. The minimum atomic E-state index is -0.879. The molecule has 4 aliphatic heterocycles. The summed E-state index contributed by atoms with van der Waals surface area (Å²) in [5.41, 5.74) is 0.796. The van der Waals surface area contributed by atoms with E-state index in [0.717, 1.165) is 24.9 Å². The number of rotatable bonds is 7. The van der Waals surface area contributed by atoms with Crippen LogP contribution in [0.5, 0.6) is 0 Å². The molecule has 3 amide bonds. The third-order valence-corrected chi connectivity index (χ3v) is 10.2. The van der Waals surface area contributed by atoms with Crippen LogP contribution >= 0.6 is 11.8 Å². The van der Waals surface area contributed by atoms with E-state index in [1.54, 1.807) is 28.5 Å². The lowest BCUT2D eigenvalue weighted by Crippen LogP contribution is -2.56. The predicted octanol–water partition coefficient (Wildman–Crippen LogP) is 3.25. The Kier molecular flexibility index (Phi) is 7.00. The number of unbranched alkanes of at least 4 members (excludes halogenated alkanes) is 2. The summed E-state index contributed by atoms with van der Waals surface area (Å²) in [4.78, 5) is 47.9. The van der Waals surface area contributed by atoms with E-state index in [2.05, 4.69) is 13.0 Å². The molecule has 1 aromatic rings. The number of thioether (sulfide) groups is 1. The molecule has 0 saturated carbocycles. The van der Waals surface area contributed by atoms with Crippen molar-refractivity contribution in [3.8, 4) is 0 Å². The maximum Gasteiger partial charge on any atom is 0.247 e. The number of likely N-dealkylation sites (tertiary alicyclic amines) is 1. The van der Waals surface area contributed by atoms with Gasteiger partial charge in [0.15, 0.2) is 0 Å². The Hall–Kier alpha value is -2.58. The van der Waals surface area contributed by atoms with Gasteiger partial charge in [-0.15, -0.1) is 11.8 Å². The van der Waals surface area contributed by atoms with Gasteiger partial charge in [0.1, 0.15) is 6.04 Å². The first-order valence-electron chi connectivity index (χ1n) is 13.4. The van der Waals surface area contributed by atoms with Crippen molar-refractivity contribution in [1.82, 2.24) is 9.80 Å². The van der Waals surface area contributed by atoms with Gasteiger partial charge in [-0.1, -0.05) is 62.3 Å². The first-order chi connectivity index (χ1) is 17.8. The van der Waals surface area contributed by atoms with Gasteiger partial charge < -0.3 is 19.8 Å². The lowest BCUT2D eigenvalue weighted by Gasteiger charge is -2.38. The molecule has 2 fully saturated rings. The zero-order valence-electron chi connectivity index (χ0n) is 21.9. The van der Waals surface area contributed by atoms with Crippen LogP contribution in [0.1, 0.15) is 40.0 Å². The van der Waals surface area contributed by atoms with Crippen molar-refractivity contribution in [2.24, 2.45) is 11.8 Å². The summed E-state index contributed by atoms with van der Waals surface area (Å²) < 4.78 is -1.52. The average molecular weight is 524 g/mol. The number of benzene rings is 1. The Morgan fingerprint density at radius 1 is 1.00 bits per heavy atom. The number of amides is 3. The quantitative estimate of drug-likeness (QED) is 0.438. The van der Waals surface area contributed by atoms with Gasteiger partial charge in [0.25, 0.3) is 0 Å². The number of para-hydroxylation sites is 1. The van der Waals surface area contributed by atoms with E-state index < -0.39 is 33.4 Å². The van der Waals surface area contributed by atoms with Gasteiger partial charge in [0, 0.05) is 30.1 Å². The standard InChI is InChI=1S/C29H37N3O4S/c1-4-5-9-16-30-17-11-15-29-23(26(35)32(20(2)19-33)24(29)27(30)36)22-25(34)31(21-12-7-6-8-13-21)18-10-14-28(22,3)37-29/h6-8,10-15,20,22-24,33H,4-5,9,16-19H2,1-3H3/t20-,22+,23+,24?,28-,29+/m1/s1. The Balaban J connectivity index is 1.60. The van der Waals surface area contributed by atoms with Crippen LogP contribution < -0.4 is 4.90 Å². The van der Waals surface area contributed by atoms with Gasteiger partial charge in [-0.2, -0.15) is 0 Å². The lowest BCUT2D eigenvalue weighted by molar-refractivity contribution is -0.145.